The molecule has 4 rings (SSSR count). The molecule has 0 aliphatic carbocycles. The van der Waals surface area contributed by atoms with E-state index in [1.165, 1.54) is 0 Å². The first kappa shape index (κ1) is 15.2. The Hall–Kier alpha value is -3.33. The first-order valence-corrected chi connectivity index (χ1v) is 7.72. The van der Waals surface area contributed by atoms with Crippen molar-refractivity contribution in [2.45, 2.75) is 18.9 Å². The first-order chi connectivity index (χ1) is 12.0. The number of nitrogens with two attached hydrogens (primary N) is 3. The van der Waals surface area contributed by atoms with Gasteiger partial charge in [-0.05, 0) is 31.6 Å². The van der Waals surface area contributed by atoms with Crippen molar-refractivity contribution in [3.05, 3.63) is 47.8 Å². The van der Waals surface area contributed by atoms with E-state index in [0.29, 0.717) is 29.8 Å². The molecule has 0 spiro atoms. The van der Waals surface area contributed by atoms with Gasteiger partial charge in [-0.25, -0.2) is 9.98 Å². The lowest BCUT2D eigenvalue weighted by molar-refractivity contribution is 0.559. The number of imidazole rings is 1. The van der Waals surface area contributed by atoms with Crippen molar-refractivity contribution in [2.24, 2.45) is 16.5 Å². The van der Waals surface area contributed by atoms with Gasteiger partial charge in [-0.15, -0.1) is 0 Å². The molecule has 0 saturated carbocycles. The molecule has 1 aliphatic rings. The number of nitrogen functional groups attached to an aromatic ring is 1. The summed E-state index contributed by atoms with van der Waals surface area (Å²) in [5.74, 6) is 2.02. The summed E-state index contributed by atoms with van der Waals surface area (Å²) in [6.07, 6.45) is 3.85. The molecule has 1 aromatic carbocycles. The van der Waals surface area contributed by atoms with Gasteiger partial charge in [0.05, 0.1) is 11.0 Å². The Bertz CT molecular complexity index is 1010. The molecule has 0 fully saturated rings. The fourth-order valence-corrected chi connectivity index (χ4v) is 2.85. The summed E-state index contributed by atoms with van der Waals surface area (Å²) < 4.78 is 1.79. The van der Waals surface area contributed by atoms with Gasteiger partial charge in [-0.1, -0.05) is 12.1 Å². The maximum atomic E-state index is 6.59. The third-order valence-electron chi connectivity index (χ3n) is 4.02. The van der Waals surface area contributed by atoms with Crippen LogP contribution in [-0.4, -0.2) is 30.7 Å². The van der Waals surface area contributed by atoms with Crippen molar-refractivity contribution in [1.29, 1.82) is 0 Å². The predicted molar refractivity (Wildman–Crippen MR) is 94.8 cm³/mol. The van der Waals surface area contributed by atoms with Crippen molar-refractivity contribution < 1.29 is 0 Å². The van der Waals surface area contributed by atoms with E-state index in [2.05, 4.69) is 19.9 Å². The van der Waals surface area contributed by atoms with Gasteiger partial charge in [0, 0.05) is 6.21 Å². The number of aliphatic imine (C=N–C) groups is 1. The molecule has 3 heterocycles. The number of fused-ring (bicyclic) bond motifs is 1. The maximum Gasteiger partial charge on any atom is 0.240 e. The van der Waals surface area contributed by atoms with Crippen molar-refractivity contribution >= 4 is 23.2 Å². The number of hydrogen-bond acceptors (Lipinski definition) is 8. The molecule has 6 N–H and O–H groups in total. The van der Waals surface area contributed by atoms with Gasteiger partial charge in [0.15, 0.2) is 0 Å². The highest BCUT2D eigenvalue weighted by molar-refractivity contribution is 5.81. The summed E-state index contributed by atoms with van der Waals surface area (Å²) in [5.41, 5.74) is 18.8. The molecule has 2 aromatic heterocycles. The van der Waals surface area contributed by atoms with Crippen LogP contribution in [0.15, 0.2) is 41.2 Å². The highest BCUT2D eigenvalue weighted by Gasteiger charge is 2.34. The standard InChI is InChI=1S/C16H17N9/c1-9-21-14(18)24-15(22-9)25-11-5-3-2-4-10(11)23-13(25)16(19)7-6-12(17)20-8-16/h2-6,8H,7,17,19H2,1H3,(H2,18,21,22,24). The molecule has 1 atom stereocenters. The average molecular weight is 335 g/mol. The number of nitrogens with zero attached hydrogens (tertiary/aromatic N) is 6. The van der Waals surface area contributed by atoms with Crippen LogP contribution in [0.4, 0.5) is 5.95 Å². The zero-order chi connectivity index (χ0) is 17.6. The minimum Gasteiger partial charge on any atom is -0.384 e. The van der Waals surface area contributed by atoms with Crippen LogP contribution < -0.4 is 17.2 Å². The van der Waals surface area contributed by atoms with Gasteiger partial charge in [-0.3, -0.25) is 4.57 Å². The lowest BCUT2D eigenvalue weighted by atomic mass is 9.95. The molecule has 126 valence electrons. The van der Waals surface area contributed by atoms with Crippen molar-refractivity contribution in [1.82, 2.24) is 24.5 Å². The minimum absolute atomic E-state index is 0.138. The molecule has 0 saturated heterocycles. The highest BCUT2D eigenvalue weighted by atomic mass is 15.3. The smallest absolute Gasteiger partial charge is 0.240 e. The van der Waals surface area contributed by atoms with Crippen LogP contribution >= 0.6 is 0 Å². The summed E-state index contributed by atoms with van der Waals surface area (Å²) in [6, 6.07) is 7.65. The average Bonchev–Trinajstić information content (AvgIpc) is 2.97. The molecule has 0 amide bonds. The topological polar surface area (TPSA) is 147 Å². The second-order valence-electron chi connectivity index (χ2n) is 5.93. The van der Waals surface area contributed by atoms with Crippen LogP contribution in [0.3, 0.4) is 0 Å². The fraction of sp³-hybridized carbons (Fsp3) is 0.188. The monoisotopic (exact) mass is 335 g/mol. The quantitative estimate of drug-likeness (QED) is 0.618. The fourth-order valence-electron chi connectivity index (χ4n) is 2.85. The van der Waals surface area contributed by atoms with E-state index in [4.69, 9.17) is 22.2 Å². The molecule has 25 heavy (non-hydrogen) atoms. The second-order valence-corrected chi connectivity index (χ2v) is 5.93. The van der Waals surface area contributed by atoms with Gasteiger partial charge in [0.2, 0.25) is 11.9 Å². The summed E-state index contributed by atoms with van der Waals surface area (Å²) in [7, 11) is 0. The molecular formula is C16H17N9. The van der Waals surface area contributed by atoms with Gasteiger partial charge >= 0.3 is 0 Å². The van der Waals surface area contributed by atoms with Crippen molar-refractivity contribution in [3.8, 4) is 5.95 Å². The first-order valence-electron chi connectivity index (χ1n) is 7.72. The largest absolute Gasteiger partial charge is 0.384 e. The van der Waals surface area contributed by atoms with E-state index in [0.717, 1.165) is 11.0 Å². The van der Waals surface area contributed by atoms with E-state index in [1.54, 1.807) is 23.8 Å². The Morgan fingerprint density at radius 1 is 1.08 bits per heavy atom. The normalized spacial score (nSPS) is 20.0. The van der Waals surface area contributed by atoms with Crippen LogP contribution in [0.5, 0.6) is 0 Å². The highest BCUT2D eigenvalue weighted by Crippen LogP contribution is 2.29. The van der Waals surface area contributed by atoms with Crippen LogP contribution in [-0.2, 0) is 5.54 Å². The van der Waals surface area contributed by atoms with E-state index in [-0.39, 0.29) is 5.95 Å². The van der Waals surface area contributed by atoms with Crippen molar-refractivity contribution in [2.75, 3.05) is 5.73 Å². The third kappa shape index (κ3) is 2.50. The maximum absolute atomic E-state index is 6.59. The van der Waals surface area contributed by atoms with E-state index < -0.39 is 5.54 Å². The zero-order valence-electron chi connectivity index (χ0n) is 13.6. The van der Waals surface area contributed by atoms with E-state index in [9.17, 15) is 0 Å². The molecule has 1 unspecified atom stereocenters. The molecule has 1 aliphatic heterocycles. The van der Waals surface area contributed by atoms with Crippen LogP contribution in [0.1, 0.15) is 18.1 Å². The number of para-hydroxylation sites is 2. The lowest BCUT2D eigenvalue weighted by Gasteiger charge is -2.26. The molecule has 0 bridgehead atoms. The molecule has 9 heteroatoms. The number of aromatic nitrogens is 5. The molecular weight excluding hydrogens is 318 g/mol. The second kappa shape index (κ2) is 5.35. The van der Waals surface area contributed by atoms with Crippen LogP contribution in [0.25, 0.3) is 17.0 Å². The van der Waals surface area contributed by atoms with Crippen molar-refractivity contribution in [3.63, 3.8) is 0 Å². The van der Waals surface area contributed by atoms with Gasteiger partial charge in [0.1, 0.15) is 23.0 Å². The lowest BCUT2D eigenvalue weighted by Crippen LogP contribution is -2.42. The number of rotatable bonds is 2. The number of aryl methyl sites for hydroxylation is 1. The van der Waals surface area contributed by atoms with Gasteiger partial charge < -0.3 is 17.2 Å². The Kier molecular flexibility index (Phi) is 3.25. The SMILES string of the molecule is Cc1nc(N)nc(-n2c(C3(N)C=NC(N)=CC3)nc3ccccc32)n1. The minimum atomic E-state index is -0.933. The molecule has 0 radical (unpaired) electrons. The molecule has 3 aromatic rings. The number of anilines is 1. The summed E-state index contributed by atoms with van der Waals surface area (Å²) in [4.78, 5) is 21.6. The summed E-state index contributed by atoms with van der Waals surface area (Å²) in [6.45, 7) is 1.75. The van der Waals surface area contributed by atoms with Crippen LogP contribution in [0, 0.1) is 6.92 Å². The summed E-state index contributed by atoms with van der Waals surface area (Å²) >= 11 is 0. The van der Waals surface area contributed by atoms with E-state index in [1.807, 2.05) is 24.3 Å². The number of benzene rings is 1. The van der Waals surface area contributed by atoms with Gasteiger partial charge in [0.25, 0.3) is 0 Å². The van der Waals surface area contributed by atoms with Crippen LogP contribution in [0.2, 0.25) is 0 Å². The Labute approximate surface area is 143 Å². The molecule has 9 nitrogen and oxygen atoms in total. The number of hydrogen-bond donors (Lipinski definition) is 3. The summed E-state index contributed by atoms with van der Waals surface area (Å²) in [5, 5.41) is 0. The third-order valence-corrected chi connectivity index (χ3v) is 4.02. The zero-order valence-corrected chi connectivity index (χ0v) is 13.6. The Morgan fingerprint density at radius 3 is 2.60 bits per heavy atom. The Balaban J connectivity index is 2.01. The van der Waals surface area contributed by atoms with Gasteiger partial charge in [-0.2, -0.15) is 15.0 Å². The predicted octanol–water partition coefficient (Wildman–Crippen LogP) is 0.530. The van der Waals surface area contributed by atoms with E-state index >= 15 is 0 Å². The Morgan fingerprint density at radius 2 is 1.88 bits per heavy atom.